The van der Waals surface area contributed by atoms with Gasteiger partial charge in [-0.3, -0.25) is 9.59 Å². The minimum Gasteiger partial charge on any atom is -0.481 e. The number of carbonyl (C=O) groups excluding carboxylic acids is 1. The first-order valence-corrected chi connectivity index (χ1v) is 5.80. The van der Waals surface area contributed by atoms with Gasteiger partial charge in [0.25, 0.3) is 0 Å². The van der Waals surface area contributed by atoms with E-state index in [-0.39, 0.29) is 25.4 Å². The van der Waals surface area contributed by atoms with Gasteiger partial charge in [-0.15, -0.1) is 0 Å². The van der Waals surface area contributed by atoms with Crippen molar-refractivity contribution in [1.29, 1.82) is 0 Å². The lowest BCUT2D eigenvalue weighted by molar-refractivity contribution is -0.137. The van der Waals surface area contributed by atoms with E-state index in [4.69, 9.17) is 5.11 Å². The van der Waals surface area contributed by atoms with Crippen LogP contribution in [0.15, 0.2) is 30.3 Å². The largest absolute Gasteiger partial charge is 0.481 e. The molecule has 0 radical (unpaired) electrons. The average Bonchev–Trinajstić information content (AvgIpc) is 2.36. The van der Waals surface area contributed by atoms with Gasteiger partial charge in [0.15, 0.2) is 0 Å². The van der Waals surface area contributed by atoms with Gasteiger partial charge in [0.2, 0.25) is 5.91 Å². The summed E-state index contributed by atoms with van der Waals surface area (Å²) in [6.07, 6.45) is 0.423. The molecule has 0 aliphatic carbocycles. The maximum absolute atomic E-state index is 11.6. The van der Waals surface area contributed by atoms with Gasteiger partial charge in [-0.2, -0.15) is 0 Å². The molecule has 0 aliphatic rings. The Morgan fingerprint density at radius 1 is 1.17 bits per heavy atom. The number of aliphatic hydroxyl groups excluding tert-OH is 1. The Hall–Kier alpha value is -1.88. The summed E-state index contributed by atoms with van der Waals surface area (Å²) in [6, 6.07) is 8.70. The van der Waals surface area contributed by atoms with E-state index >= 15 is 0 Å². The summed E-state index contributed by atoms with van der Waals surface area (Å²) in [5.74, 6) is -1.16. The molecule has 0 heterocycles. The molecule has 5 heteroatoms. The van der Waals surface area contributed by atoms with Gasteiger partial charge >= 0.3 is 5.97 Å². The first-order valence-electron chi connectivity index (χ1n) is 5.80. The molecule has 0 aromatic heterocycles. The summed E-state index contributed by atoms with van der Waals surface area (Å²) in [7, 11) is 0. The summed E-state index contributed by atoms with van der Waals surface area (Å²) in [5.41, 5.74) is 0.826. The molecule has 0 saturated carbocycles. The molecule has 18 heavy (non-hydrogen) atoms. The number of nitrogens with one attached hydrogen (secondary N) is 1. The first kappa shape index (κ1) is 14.2. The number of hydrogen-bond acceptors (Lipinski definition) is 3. The van der Waals surface area contributed by atoms with Gasteiger partial charge in [-0.1, -0.05) is 30.3 Å². The summed E-state index contributed by atoms with van der Waals surface area (Å²) >= 11 is 0. The molecule has 1 atom stereocenters. The van der Waals surface area contributed by atoms with E-state index in [9.17, 15) is 14.7 Å². The van der Waals surface area contributed by atoms with Crippen LogP contribution in [0.2, 0.25) is 0 Å². The van der Waals surface area contributed by atoms with Crippen LogP contribution in [0.5, 0.6) is 0 Å². The maximum Gasteiger partial charge on any atom is 0.303 e. The smallest absolute Gasteiger partial charge is 0.303 e. The quantitative estimate of drug-likeness (QED) is 0.677. The standard InChI is InChI=1S/C13H17NO4/c15-9-11(10-5-2-1-3-6-10)14-12(16)7-4-8-13(17)18/h1-3,5-6,11,15H,4,7-9H2,(H,14,16)(H,17,18)/t11-/m0/s1. The molecule has 0 spiro atoms. The van der Waals surface area contributed by atoms with Crippen molar-refractivity contribution >= 4 is 11.9 Å². The molecule has 5 nitrogen and oxygen atoms in total. The lowest BCUT2D eigenvalue weighted by Gasteiger charge is -2.16. The first-order chi connectivity index (χ1) is 8.63. The fourth-order valence-electron chi connectivity index (χ4n) is 1.59. The van der Waals surface area contributed by atoms with Crippen molar-refractivity contribution in [1.82, 2.24) is 5.32 Å². The van der Waals surface area contributed by atoms with Crippen molar-refractivity contribution < 1.29 is 19.8 Å². The molecular weight excluding hydrogens is 234 g/mol. The Bertz CT molecular complexity index is 391. The molecule has 0 saturated heterocycles. The number of amides is 1. The van der Waals surface area contributed by atoms with Crippen molar-refractivity contribution in [3.63, 3.8) is 0 Å². The Morgan fingerprint density at radius 3 is 2.39 bits per heavy atom. The fourth-order valence-corrected chi connectivity index (χ4v) is 1.59. The topological polar surface area (TPSA) is 86.6 Å². The molecule has 3 N–H and O–H groups in total. The van der Waals surface area contributed by atoms with E-state index in [2.05, 4.69) is 5.32 Å². The highest BCUT2D eigenvalue weighted by atomic mass is 16.4. The number of rotatable bonds is 7. The van der Waals surface area contributed by atoms with Crippen LogP contribution in [0.25, 0.3) is 0 Å². The van der Waals surface area contributed by atoms with Crippen LogP contribution < -0.4 is 5.32 Å². The van der Waals surface area contributed by atoms with E-state index in [0.29, 0.717) is 6.42 Å². The third kappa shape index (κ3) is 4.97. The zero-order valence-corrected chi connectivity index (χ0v) is 10.0. The Kier molecular flexibility index (Phi) is 5.87. The third-order valence-corrected chi connectivity index (χ3v) is 2.51. The zero-order valence-electron chi connectivity index (χ0n) is 10.0. The zero-order chi connectivity index (χ0) is 13.4. The van der Waals surface area contributed by atoms with Crippen LogP contribution in [-0.4, -0.2) is 28.7 Å². The second-order valence-electron chi connectivity index (χ2n) is 3.96. The maximum atomic E-state index is 11.6. The molecule has 1 aromatic rings. The highest BCUT2D eigenvalue weighted by Gasteiger charge is 2.13. The molecule has 98 valence electrons. The predicted molar refractivity (Wildman–Crippen MR) is 65.9 cm³/mol. The molecular formula is C13H17NO4. The minimum atomic E-state index is -0.912. The molecule has 0 bridgehead atoms. The molecule has 0 aliphatic heterocycles. The van der Waals surface area contributed by atoms with Crippen LogP contribution >= 0.6 is 0 Å². The van der Waals surface area contributed by atoms with Crippen molar-refractivity contribution in [2.75, 3.05) is 6.61 Å². The normalized spacial score (nSPS) is 11.8. The fraction of sp³-hybridized carbons (Fsp3) is 0.385. The van der Waals surface area contributed by atoms with E-state index in [1.165, 1.54) is 0 Å². The number of carboxylic acids is 1. The number of aliphatic hydroxyl groups is 1. The predicted octanol–water partition coefficient (Wildman–Crippen LogP) is 1.09. The average molecular weight is 251 g/mol. The number of hydrogen-bond donors (Lipinski definition) is 3. The molecule has 0 unspecified atom stereocenters. The third-order valence-electron chi connectivity index (χ3n) is 2.51. The van der Waals surface area contributed by atoms with Crippen molar-refractivity contribution in [3.05, 3.63) is 35.9 Å². The summed E-state index contributed by atoms with van der Waals surface area (Å²) in [5, 5.41) is 20.4. The van der Waals surface area contributed by atoms with Gasteiger partial charge in [0, 0.05) is 12.8 Å². The number of benzene rings is 1. The minimum absolute atomic E-state index is 0.0252. The van der Waals surface area contributed by atoms with Crippen LogP contribution in [0.3, 0.4) is 0 Å². The molecule has 1 aromatic carbocycles. The van der Waals surface area contributed by atoms with E-state index in [1.54, 1.807) is 0 Å². The van der Waals surface area contributed by atoms with E-state index in [1.807, 2.05) is 30.3 Å². The monoisotopic (exact) mass is 251 g/mol. The number of aliphatic carboxylic acids is 1. The van der Waals surface area contributed by atoms with Crippen molar-refractivity contribution in [3.8, 4) is 0 Å². The number of carboxylic acid groups (broad SMARTS) is 1. The van der Waals surface area contributed by atoms with Gasteiger partial charge in [0.1, 0.15) is 0 Å². The lowest BCUT2D eigenvalue weighted by Crippen LogP contribution is -2.30. The van der Waals surface area contributed by atoms with Crippen LogP contribution in [0.1, 0.15) is 30.9 Å². The molecule has 1 amide bonds. The van der Waals surface area contributed by atoms with E-state index in [0.717, 1.165) is 5.56 Å². The van der Waals surface area contributed by atoms with Gasteiger partial charge in [0.05, 0.1) is 12.6 Å². The second-order valence-corrected chi connectivity index (χ2v) is 3.96. The Morgan fingerprint density at radius 2 is 1.83 bits per heavy atom. The highest BCUT2D eigenvalue weighted by molar-refractivity contribution is 5.77. The summed E-state index contributed by atoms with van der Waals surface area (Å²) in [6.45, 7) is -0.186. The van der Waals surface area contributed by atoms with Crippen molar-refractivity contribution in [2.45, 2.75) is 25.3 Å². The highest BCUT2D eigenvalue weighted by Crippen LogP contribution is 2.12. The summed E-state index contributed by atoms with van der Waals surface area (Å²) < 4.78 is 0. The van der Waals surface area contributed by atoms with Gasteiger partial charge in [-0.25, -0.2) is 0 Å². The lowest BCUT2D eigenvalue weighted by atomic mass is 10.1. The van der Waals surface area contributed by atoms with Crippen molar-refractivity contribution in [2.24, 2.45) is 0 Å². The van der Waals surface area contributed by atoms with Crippen LogP contribution in [0.4, 0.5) is 0 Å². The van der Waals surface area contributed by atoms with Crippen LogP contribution in [-0.2, 0) is 9.59 Å². The second kappa shape index (κ2) is 7.45. The number of carbonyl (C=O) groups is 2. The molecule has 1 rings (SSSR count). The molecule has 0 fully saturated rings. The SMILES string of the molecule is O=C(O)CCCC(=O)N[C@@H](CO)c1ccccc1. The Balaban J connectivity index is 2.44. The summed E-state index contributed by atoms with van der Waals surface area (Å²) in [4.78, 5) is 21.9. The Labute approximate surface area is 105 Å². The van der Waals surface area contributed by atoms with E-state index < -0.39 is 12.0 Å². The van der Waals surface area contributed by atoms with Gasteiger partial charge in [-0.05, 0) is 12.0 Å². The van der Waals surface area contributed by atoms with Crippen LogP contribution in [0, 0.1) is 0 Å². The van der Waals surface area contributed by atoms with Gasteiger partial charge < -0.3 is 15.5 Å².